The first-order valence-corrected chi connectivity index (χ1v) is 9.57. The van der Waals surface area contributed by atoms with Crippen molar-refractivity contribution in [3.05, 3.63) is 96.4 Å². The number of ketones is 1. The molecular weight excluding hydrogens is 362 g/mol. The maximum Gasteiger partial charge on any atom is 0.220 e. The molecule has 0 spiro atoms. The lowest BCUT2D eigenvalue weighted by molar-refractivity contribution is -0.121. The summed E-state index contributed by atoms with van der Waals surface area (Å²) in [5, 5.41) is 2.83. The first-order chi connectivity index (χ1) is 14.2. The Morgan fingerprint density at radius 2 is 1.55 bits per heavy atom. The summed E-state index contributed by atoms with van der Waals surface area (Å²) in [6, 6.07) is 23.3. The third-order valence-corrected chi connectivity index (χ3v) is 4.77. The SMILES string of the molecule is O=C(CCC(=O)c1ccc(-c2ccccc2)cc1)NCc1cn2ccccc2n1. The van der Waals surface area contributed by atoms with Crippen molar-refractivity contribution in [3.8, 4) is 11.1 Å². The molecule has 0 aliphatic rings. The van der Waals surface area contributed by atoms with E-state index < -0.39 is 0 Å². The first kappa shape index (κ1) is 18.6. The summed E-state index contributed by atoms with van der Waals surface area (Å²) in [5.41, 5.74) is 4.42. The molecule has 29 heavy (non-hydrogen) atoms. The van der Waals surface area contributed by atoms with Crippen LogP contribution in [0.5, 0.6) is 0 Å². The maximum absolute atomic E-state index is 12.4. The number of pyridine rings is 1. The topological polar surface area (TPSA) is 63.5 Å². The highest BCUT2D eigenvalue weighted by Crippen LogP contribution is 2.20. The van der Waals surface area contributed by atoms with Crippen molar-refractivity contribution in [3.63, 3.8) is 0 Å². The van der Waals surface area contributed by atoms with Crippen LogP contribution in [-0.4, -0.2) is 21.1 Å². The minimum Gasteiger partial charge on any atom is -0.350 e. The molecule has 0 saturated carbocycles. The van der Waals surface area contributed by atoms with E-state index in [2.05, 4.69) is 10.3 Å². The van der Waals surface area contributed by atoms with Crippen molar-refractivity contribution < 1.29 is 9.59 Å². The summed E-state index contributed by atoms with van der Waals surface area (Å²) in [4.78, 5) is 28.9. The molecule has 5 heteroatoms. The minimum atomic E-state index is -0.156. The van der Waals surface area contributed by atoms with Gasteiger partial charge >= 0.3 is 0 Å². The van der Waals surface area contributed by atoms with Gasteiger partial charge < -0.3 is 9.72 Å². The first-order valence-electron chi connectivity index (χ1n) is 9.57. The Kier molecular flexibility index (Phi) is 5.47. The Morgan fingerprint density at radius 3 is 2.31 bits per heavy atom. The number of Topliss-reactive ketones (excluding diaryl/α,β-unsaturated/α-hetero) is 1. The molecule has 2 heterocycles. The predicted molar refractivity (Wildman–Crippen MR) is 112 cm³/mol. The van der Waals surface area contributed by atoms with Gasteiger partial charge in [-0.1, -0.05) is 60.7 Å². The van der Waals surface area contributed by atoms with Crippen molar-refractivity contribution in [1.29, 1.82) is 0 Å². The van der Waals surface area contributed by atoms with E-state index in [1.165, 1.54) is 0 Å². The summed E-state index contributed by atoms with van der Waals surface area (Å²) in [6.45, 7) is 0.348. The second kappa shape index (κ2) is 8.52. The van der Waals surface area contributed by atoms with Crippen molar-refractivity contribution in [1.82, 2.24) is 14.7 Å². The summed E-state index contributed by atoms with van der Waals surface area (Å²) < 4.78 is 1.91. The Bertz CT molecular complexity index is 1100. The Morgan fingerprint density at radius 1 is 0.828 bits per heavy atom. The van der Waals surface area contributed by atoms with Gasteiger partial charge in [0, 0.05) is 30.8 Å². The van der Waals surface area contributed by atoms with Crippen LogP contribution in [0, 0.1) is 0 Å². The molecule has 0 aliphatic heterocycles. The van der Waals surface area contributed by atoms with Gasteiger partial charge in [0.1, 0.15) is 5.65 Å². The molecule has 0 atom stereocenters. The van der Waals surface area contributed by atoms with Crippen LogP contribution in [0.3, 0.4) is 0 Å². The summed E-state index contributed by atoms with van der Waals surface area (Å²) >= 11 is 0. The van der Waals surface area contributed by atoms with Gasteiger partial charge in [0.15, 0.2) is 5.78 Å². The second-order valence-corrected chi connectivity index (χ2v) is 6.84. The number of nitrogens with one attached hydrogen (secondary N) is 1. The molecule has 4 rings (SSSR count). The third kappa shape index (κ3) is 4.58. The van der Waals surface area contributed by atoms with Gasteiger partial charge in [-0.25, -0.2) is 4.98 Å². The van der Waals surface area contributed by atoms with E-state index in [4.69, 9.17) is 0 Å². The zero-order valence-corrected chi connectivity index (χ0v) is 15.9. The number of rotatable bonds is 7. The average molecular weight is 383 g/mol. The number of fused-ring (bicyclic) bond motifs is 1. The predicted octanol–water partition coefficient (Wildman–Crippen LogP) is 4.28. The molecule has 5 nitrogen and oxygen atoms in total. The zero-order chi connectivity index (χ0) is 20.1. The van der Waals surface area contributed by atoms with Crippen LogP contribution < -0.4 is 5.32 Å². The Balaban J connectivity index is 1.28. The van der Waals surface area contributed by atoms with Crippen LogP contribution >= 0.6 is 0 Å². The van der Waals surface area contributed by atoms with E-state index in [0.717, 1.165) is 22.5 Å². The third-order valence-electron chi connectivity index (χ3n) is 4.77. The minimum absolute atomic E-state index is 0.0347. The van der Waals surface area contributed by atoms with Crippen LogP contribution in [0.1, 0.15) is 28.9 Å². The van der Waals surface area contributed by atoms with Crippen molar-refractivity contribution in [2.24, 2.45) is 0 Å². The second-order valence-electron chi connectivity index (χ2n) is 6.84. The number of benzene rings is 2. The fraction of sp³-hybridized carbons (Fsp3) is 0.125. The number of hydrogen-bond acceptors (Lipinski definition) is 3. The largest absolute Gasteiger partial charge is 0.350 e. The Labute approximate surface area is 169 Å². The zero-order valence-electron chi connectivity index (χ0n) is 15.9. The summed E-state index contributed by atoms with van der Waals surface area (Å²) in [5.74, 6) is -0.191. The summed E-state index contributed by atoms with van der Waals surface area (Å²) in [6.07, 6.45) is 4.14. The lowest BCUT2D eigenvalue weighted by atomic mass is 10.0. The van der Waals surface area contributed by atoms with Crippen LogP contribution in [0.4, 0.5) is 0 Å². The highest BCUT2D eigenvalue weighted by molar-refractivity contribution is 5.98. The molecule has 0 unspecified atom stereocenters. The molecule has 0 aliphatic carbocycles. The van der Waals surface area contributed by atoms with Gasteiger partial charge in [-0.15, -0.1) is 0 Å². The molecule has 0 bridgehead atoms. The van der Waals surface area contributed by atoms with Gasteiger partial charge in [0.2, 0.25) is 5.91 Å². The van der Waals surface area contributed by atoms with Crippen molar-refractivity contribution in [2.75, 3.05) is 0 Å². The lowest BCUT2D eigenvalue weighted by Crippen LogP contribution is -2.23. The molecule has 0 saturated heterocycles. The normalized spacial score (nSPS) is 10.8. The number of hydrogen-bond donors (Lipinski definition) is 1. The number of carbonyl (C=O) groups excluding carboxylic acids is 2. The van der Waals surface area contributed by atoms with E-state index in [1.54, 1.807) is 0 Å². The van der Waals surface area contributed by atoms with Crippen molar-refractivity contribution in [2.45, 2.75) is 19.4 Å². The van der Waals surface area contributed by atoms with Gasteiger partial charge in [-0.3, -0.25) is 9.59 Å². The van der Waals surface area contributed by atoms with Gasteiger partial charge in [0.05, 0.1) is 12.2 Å². The van der Waals surface area contributed by atoms with Crippen LogP contribution in [0.2, 0.25) is 0 Å². The summed E-state index contributed by atoms with van der Waals surface area (Å²) in [7, 11) is 0. The van der Waals surface area contributed by atoms with Crippen molar-refractivity contribution >= 4 is 17.3 Å². The van der Waals surface area contributed by atoms with E-state index in [9.17, 15) is 9.59 Å². The molecule has 4 aromatic rings. The highest BCUT2D eigenvalue weighted by Gasteiger charge is 2.10. The lowest BCUT2D eigenvalue weighted by Gasteiger charge is -2.05. The highest BCUT2D eigenvalue weighted by atomic mass is 16.2. The average Bonchev–Trinajstić information content (AvgIpc) is 3.20. The molecule has 1 amide bonds. The van der Waals surface area contributed by atoms with E-state index in [1.807, 2.05) is 89.6 Å². The van der Waals surface area contributed by atoms with Gasteiger partial charge in [-0.05, 0) is 23.3 Å². The smallest absolute Gasteiger partial charge is 0.220 e. The van der Waals surface area contributed by atoms with Crippen LogP contribution in [0.15, 0.2) is 85.2 Å². The fourth-order valence-electron chi connectivity index (χ4n) is 3.20. The molecule has 2 aromatic heterocycles. The number of carbonyl (C=O) groups is 2. The van der Waals surface area contributed by atoms with Crippen LogP contribution in [-0.2, 0) is 11.3 Å². The molecule has 0 radical (unpaired) electrons. The fourth-order valence-corrected chi connectivity index (χ4v) is 3.20. The molecule has 0 fully saturated rings. The van der Waals surface area contributed by atoms with Gasteiger partial charge in [-0.2, -0.15) is 0 Å². The standard InChI is InChI=1S/C24H21N3O2/c28-22(20-11-9-19(10-12-20)18-6-2-1-3-7-18)13-14-24(29)25-16-21-17-27-15-5-4-8-23(27)26-21/h1-12,15,17H,13-14,16H2,(H,25,29). The number of amides is 1. The van der Waals surface area contributed by atoms with E-state index in [-0.39, 0.29) is 24.5 Å². The number of nitrogens with zero attached hydrogens (tertiary/aromatic N) is 2. The molecule has 1 N–H and O–H groups in total. The quantitative estimate of drug-likeness (QED) is 0.485. The number of imidazole rings is 1. The maximum atomic E-state index is 12.4. The molecule has 144 valence electrons. The molecule has 2 aromatic carbocycles. The van der Waals surface area contributed by atoms with E-state index >= 15 is 0 Å². The monoisotopic (exact) mass is 383 g/mol. The van der Waals surface area contributed by atoms with Gasteiger partial charge in [0.25, 0.3) is 0 Å². The van der Waals surface area contributed by atoms with E-state index in [0.29, 0.717) is 12.1 Å². The Hall–Kier alpha value is -3.73. The number of aromatic nitrogens is 2. The molecular formula is C24H21N3O2. The van der Waals surface area contributed by atoms with Crippen LogP contribution in [0.25, 0.3) is 16.8 Å².